The summed E-state index contributed by atoms with van der Waals surface area (Å²) in [6.45, 7) is 5.67. The number of hydrogen-bond donors (Lipinski definition) is 1. The van der Waals surface area contributed by atoms with Crippen molar-refractivity contribution in [3.63, 3.8) is 0 Å². The Morgan fingerprint density at radius 1 is 1.24 bits per heavy atom. The molecule has 7 nitrogen and oxygen atoms in total. The van der Waals surface area contributed by atoms with Gasteiger partial charge >= 0.3 is 12.5 Å². The molecule has 1 amide bonds. The molecule has 29 heavy (non-hydrogen) atoms. The lowest BCUT2D eigenvalue weighted by molar-refractivity contribution is -0.274. The number of amides is 1. The van der Waals surface area contributed by atoms with Gasteiger partial charge in [0.1, 0.15) is 5.75 Å². The topological polar surface area (TPSA) is 71.5 Å². The van der Waals surface area contributed by atoms with Crippen molar-refractivity contribution in [2.75, 3.05) is 40.0 Å². The van der Waals surface area contributed by atoms with E-state index < -0.39 is 12.5 Å². The lowest BCUT2D eigenvalue weighted by Gasteiger charge is -2.46. The molecule has 0 bridgehead atoms. The van der Waals surface area contributed by atoms with Crippen molar-refractivity contribution >= 4 is 6.09 Å². The van der Waals surface area contributed by atoms with E-state index in [2.05, 4.69) is 9.64 Å². The molecule has 3 atom stereocenters. The maximum absolute atomic E-state index is 12.4. The summed E-state index contributed by atoms with van der Waals surface area (Å²) in [7, 11) is 1.57. The van der Waals surface area contributed by atoms with Crippen LogP contribution in [0.25, 0.3) is 0 Å². The highest BCUT2D eigenvalue weighted by atomic mass is 19.4. The van der Waals surface area contributed by atoms with Gasteiger partial charge in [-0.25, -0.2) is 4.79 Å². The Balaban J connectivity index is 2.12. The first-order valence-electron chi connectivity index (χ1n) is 9.30. The van der Waals surface area contributed by atoms with E-state index in [9.17, 15) is 23.1 Å². The fourth-order valence-electron chi connectivity index (χ4n) is 3.46. The third kappa shape index (κ3) is 6.76. The number of alkyl halides is 3. The van der Waals surface area contributed by atoms with Crippen LogP contribution in [0.1, 0.15) is 25.5 Å². The minimum atomic E-state index is -4.74. The standard InChI is InChI=1S/C19H27F3N2O5/c1-13-10-24(16(11-23(13)18(25)26)12-28-9-8-27-3)14(2)15-4-6-17(7-5-15)29-19(20,21)22/h4-7,13-14,16H,8-12H2,1-3H3,(H,25,26)/t13-,14?,16-/m0/s1. The number of benzene rings is 1. The Morgan fingerprint density at radius 2 is 1.90 bits per heavy atom. The highest BCUT2D eigenvalue weighted by molar-refractivity contribution is 5.65. The number of carbonyl (C=O) groups is 1. The van der Waals surface area contributed by atoms with Gasteiger partial charge in [0, 0.05) is 32.3 Å². The Morgan fingerprint density at radius 3 is 2.45 bits per heavy atom. The van der Waals surface area contributed by atoms with Crippen LogP contribution in [0.2, 0.25) is 0 Å². The summed E-state index contributed by atoms with van der Waals surface area (Å²) in [4.78, 5) is 15.0. The highest BCUT2D eigenvalue weighted by Crippen LogP contribution is 2.30. The van der Waals surface area contributed by atoms with Crippen LogP contribution < -0.4 is 4.74 Å². The second kappa shape index (κ2) is 10.1. The lowest BCUT2D eigenvalue weighted by atomic mass is 10.0. The summed E-state index contributed by atoms with van der Waals surface area (Å²) < 4.78 is 51.6. The molecule has 1 fully saturated rings. The molecule has 0 saturated carbocycles. The first kappa shape index (κ1) is 23.2. The molecule has 1 aliphatic heterocycles. The van der Waals surface area contributed by atoms with Gasteiger partial charge in [-0.05, 0) is 31.5 Å². The fourth-order valence-corrected chi connectivity index (χ4v) is 3.46. The van der Waals surface area contributed by atoms with Crippen LogP contribution in [-0.4, -0.2) is 79.5 Å². The molecule has 1 saturated heterocycles. The molecule has 1 unspecified atom stereocenters. The minimum Gasteiger partial charge on any atom is -0.465 e. The zero-order valence-electron chi connectivity index (χ0n) is 16.7. The van der Waals surface area contributed by atoms with E-state index in [1.165, 1.54) is 17.0 Å². The van der Waals surface area contributed by atoms with Gasteiger partial charge in [0.25, 0.3) is 0 Å². The molecule has 1 aromatic carbocycles. The number of nitrogens with zero attached hydrogens (tertiary/aromatic N) is 2. The van der Waals surface area contributed by atoms with Crippen molar-refractivity contribution in [2.24, 2.45) is 0 Å². The van der Waals surface area contributed by atoms with E-state index in [-0.39, 0.29) is 30.4 Å². The fraction of sp³-hybridized carbons (Fsp3) is 0.632. The van der Waals surface area contributed by atoms with Crippen LogP contribution >= 0.6 is 0 Å². The van der Waals surface area contributed by atoms with Gasteiger partial charge in [-0.3, -0.25) is 4.90 Å². The van der Waals surface area contributed by atoms with Crippen molar-refractivity contribution < 1.29 is 37.3 Å². The SMILES string of the molecule is COCCOC[C@@H]1CN(C(=O)O)[C@@H](C)CN1C(C)c1ccc(OC(F)(F)F)cc1. The Bertz CT molecular complexity index is 656. The number of hydrogen-bond acceptors (Lipinski definition) is 5. The van der Waals surface area contributed by atoms with Gasteiger partial charge in [-0.1, -0.05) is 12.1 Å². The monoisotopic (exact) mass is 420 g/mol. The number of methoxy groups -OCH3 is 1. The molecule has 0 radical (unpaired) electrons. The van der Waals surface area contributed by atoms with E-state index in [1.54, 1.807) is 19.2 Å². The predicted octanol–water partition coefficient (Wildman–Crippen LogP) is 3.36. The zero-order valence-corrected chi connectivity index (χ0v) is 16.7. The molecule has 0 aromatic heterocycles. The van der Waals surface area contributed by atoms with E-state index in [0.717, 1.165) is 5.56 Å². The molecule has 1 aromatic rings. The normalized spacial score (nSPS) is 21.8. The van der Waals surface area contributed by atoms with E-state index >= 15 is 0 Å². The van der Waals surface area contributed by atoms with Crippen LogP contribution in [0.5, 0.6) is 5.75 Å². The summed E-state index contributed by atoms with van der Waals surface area (Å²) in [5.74, 6) is -0.281. The number of ether oxygens (including phenoxy) is 3. The first-order valence-corrected chi connectivity index (χ1v) is 9.30. The Kier molecular flexibility index (Phi) is 8.12. The highest BCUT2D eigenvalue weighted by Gasteiger charge is 2.37. The molecule has 10 heteroatoms. The van der Waals surface area contributed by atoms with Crippen molar-refractivity contribution in [2.45, 2.75) is 38.3 Å². The molecule has 0 spiro atoms. The minimum absolute atomic E-state index is 0.149. The average Bonchev–Trinajstić information content (AvgIpc) is 2.64. The summed E-state index contributed by atoms with van der Waals surface area (Å²) in [5, 5.41) is 9.44. The quantitative estimate of drug-likeness (QED) is 0.651. The summed E-state index contributed by atoms with van der Waals surface area (Å²) in [6.07, 6.45) is -5.72. The maximum Gasteiger partial charge on any atom is 0.573 e. The van der Waals surface area contributed by atoms with Gasteiger partial charge < -0.3 is 24.2 Å². The number of rotatable bonds is 8. The largest absolute Gasteiger partial charge is 0.573 e. The van der Waals surface area contributed by atoms with Crippen molar-refractivity contribution in [3.8, 4) is 5.75 Å². The van der Waals surface area contributed by atoms with Crippen LogP contribution in [-0.2, 0) is 9.47 Å². The van der Waals surface area contributed by atoms with Crippen LogP contribution in [0.15, 0.2) is 24.3 Å². The molecule has 1 heterocycles. The van der Waals surface area contributed by atoms with Crippen LogP contribution in [0, 0.1) is 0 Å². The molecule has 0 aliphatic carbocycles. The summed E-state index contributed by atoms with van der Waals surface area (Å²) in [6, 6.07) is 5.16. The lowest BCUT2D eigenvalue weighted by Crippen LogP contribution is -2.60. The van der Waals surface area contributed by atoms with Crippen molar-refractivity contribution in [1.29, 1.82) is 0 Å². The van der Waals surface area contributed by atoms with E-state index in [4.69, 9.17) is 9.47 Å². The van der Waals surface area contributed by atoms with Gasteiger partial charge in [0.05, 0.1) is 25.9 Å². The molecule has 1 N–H and O–H groups in total. The third-order valence-corrected chi connectivity index (χ3v) is 4.96. The molecular weight excluding hydrogens is 393 g/mol. The Labute approximate surface area is 167 Å². The molecular formula is C19H27F3N2O5. The maximum atomic E-state index is 12.4. The molecule has 164 valence electrons. The van der Waals surface area contributed by atoms with Crippen molar-refractivity contribution in [1.82, 2.24) is 9.80 Å². The molecule has 2 rings (SSSR count). The second-order valence-electron chi connectivity index (χ2n) is 7.00. The van der Waals surface area contributed by atoms with E-state index in [0.29, 0.717) is 26.4 Å². The average molecular weight is 420 g/mol. The number of halogens is 3. The summed E-state index contributed by atoms with van der Waals surface area (Å²) >= 11 is 0. The summed E-state index contributed by atoms with van der Waals surface area (Å²) in [5.41, 5.74) is 0.803. The van der Waals surface area contributed by atoms with Gasteiger partial charge in [-0.15, -0.1) is 13.2 Å². The van der Waals surface area contributed by atoms with Crippen LogP contribution in [0.3, 0.4) is 0 Å². The van der Waals surface area contributed by atoms with Crippen molar-refractivity contribution in [3.05, 3.63) is 29.8 Å². The number of piperazine rings is 1. The van der Waals surface area contributed by atoms with Crippen LogP contribution in [0.4, 0.5) is 18.0 Å². The zero-order chi connectivity index (χ0) is 21.6. The van der Waals surface area contributed by atoms with E-state index in [1.807, 2.05) is 13.8 Å². The van der Waals surface area contributed by atoms with Gasteiger partial charge in [-0.2, -0.15) is 0 Å². The molecule has 1 aliphatic rings. The number of carboxylic acid groups (broad SMARTS) is 1. The Hall–Kier alpha value is -2.04. The third-order valence-electron chi connectivity index (χ3n) is 4.96. The predicted molar refractivity (Wildman–Crippen MR) is 98.9 cm³/mol. The van der Waals surface area contributed by atoms with Gasteiger partial charge in [0.15, 0.2) is 0 Å². The first-order chi connectivity index (χ1) is 13.6. The second-order valence-corrected chi connectivity index (χ2v) is 7.00. The smallest absolute Gasteiger partial charge is 0.465 e. The van der Waals surface area contributed by atoms with Gasteiger partial charge in [0.2, 0.25) is 0 Å².